The van der Waals surface area contributed by atoms with Crippen molar-refractivity contribution in [2.24, 2.45) is 5.92 Å². The Labute approximate surface area is 177 Å². The minimum absolute atomic E-state index is 0.276. The van der Waals surface area contributed by atoms with Gasteiger partial charge in [0.15, 0.2) is 0 Å². The molecule has 3 fully saturated rings. The number of hydrogen-bond acceptors (Lipinski definition) is 6. The molecule has 2 saturated carbocycles. The van der Waals surface area contributed by atoms with Crippen molar-refractivity contribution in [1.82, 2.24) is 14.8 Å². The van der Waals surface area contributed by atoms with E-state index in [9.17, 15) is 9.59 Å². The fourth-order valence-electron chi connectivity index (χ4n) is 4.25. The van der Waals surface area contributed by atoms with Crippen LogP contribution in [-0.2, 0) is 9.53 Å². The van der Waals surface area contributed by atoms with Gasteiger partial charge in [0.05, 0.1) is 5.56 Å². The molecule has 4 rings (SSSR count). The standard InChI is InChI=1S/C22H31N3O3S/c26-21(17-5-3-6-17)25-13-11-24(12-14-25)15-16-28-22(27)19-9-4-10-23-20(19)29-18-7-1-2-8-18/h4,9-10,17-18H,1-3,5-8,11-16H2. The second-order valence-electron chi connectivity index (χ2n) is 8.31. The summed E-state index contributed by atoms with van der Waals surface area (Å²) in [6.07, 6.45) is 10.00. The van der Waals surface area contributed by atoms with Gasteiger partial charge < -0.3 is 9.64 Å². The Kier molecular flexibility index (Phi) is 7.08. The van der Waals surface area contributed by atoms with Gasteiger partial charge in [0, 0.05) is 50.1 Å². The largest absolute Gasteiger partial charge is 0.461 e. The third kappa shape index (κ3) is 5.31. The quantitative estimate of drug-likeness (QED) is 0.635. The minimum atomic E-state index is -0.280. The summed E-state index contributed by atoms with van der Waals surface area (Å²) >= 11 is 1.72. The van der Waals surface area contributed by atoms with E-state index in [1.165, 1.54) is 32.1 Å². The van der Waals surface area contributed by atoms with Crippen LogP contribution in [0, 0.1) is 5.92 Å². The van der Waals surface area contributed by atoms with E-state index >= 15 is 0 Å². The van der Waals surface area contributed by atoms with Crippen LogP contribution in [0.25, 0.3) is 0 Å². The predicted octanol–water partition coefficient (Wildman–Crippen LogP) is 3.22. The van der Waals surface area contributed by atoms with Gasteiger partial charge in [-0.2, -0.15) is 0 Å². The summed E-state index contributed by atoms with van der Waals surface area (Å²) in [5.41, 5.74) is 0.584. The van der Waals surface area contributed by atoms with Crippen LogP contribution < -0.4 is 0 Å². The maximum Gasteiger partial charge on any atom is 0.340 e. The zero-order valence-electron chi connectivity index (χ0n) is 17.1. The number of rotatable bonds is 7. The van der Waals surface area contributed by atoms with Crippen LogP contribution in [0.4, 0.5) is 0 Å². The molecule has 0 atom stereocenters. The number of nitrogens with zero attached hydrogens (tertiary/aromatic N) is 3. The molecule has 2 aliphatic carbocycles. The molecular weight excluding hydrogens is 386 g/mol. The van der Waals surface area contributed by atoms with Gasteiger partial charge in [-0.15, -0.1) is 11.8 Å². The molecule has 1 aliphatic heterocycles. The molecule has 3 aliphatic rings. The van der Waals surface area contributed by atoms with Gasteiger partial charge in [-0.3, -0.25) is 9.69 Å². The van der Waals surface area contributed by atoms with Gasteiger partial charge in [-0.25, -0.2) is 9.78 Å². The van der Waals surface area contributed by atoms with Gasteiger partial charge >= 0.3 is 5.97 Å². The molecule has 158 valence electrons. The first-order valence-corrected chi connectivity index (χ1v) is 11.9. The number of carbonyl (C=O) groups excluding carboxylic acids is 2. The maximum atomic E-state index is 12.6. The monoisotopic (exact) mass is 417 g/mol. The minimum Gasteiger partial charge on any atom is -0.461 e. The third-order valence-corrected chi connectivity index (χ3v) is 7.70. The molecule has 1 amide bonds. The summed E-state index contributed by atoms with van der Waals surface area (Å²) < 4.78 is 5.56. The number of amides is 1. The summed E-state index contributed by atoms with van der Waals surface area (Å²) in [5.74, 6) is 0.335. The normalized spacial score (nSPS) is 21.2. The van der Waals surface area contributed by atoms with Crippen molar-refractivity contribution in [3.63, 3.8) is 0 Å². The number of ether oxygens (including phenoxy) is 1. The highest BCUT2D eigenvalue weighted by Gasteiger charge is 2.31. The molecule has 0 spiro atoms. The van der Waals surface area contributed by atoms with E-state index < -0.39 is 0 Å². The topological polar surface area (TPSA) is 62.7 Å². The molecule has 0 unspecified atom stereocenters. The molecule has 6 nitrogen and oxygen atoms in total. The summed E-state index contributed by atoms with van der Waals surface area (Å²) in [5, 5.41) is 1.36. The third-order valence-electron chi connectivity index (χ3n) is 6.35. The first kappa shape index (κ1) is 20.7. The van der Waals surface area contributed by atoms with Gasteiger partial charge in [0.1, 0.15) is 11.6 Å². The van der Waals surface area contributed by atoms with Crippen molar-refractivity contribution in [3.05, 3.63) is 23.9 Å². The van der Waals surface area contributed by atoms with Crippen LogP contribution in [0.15, 0.2) is 23.4 Å². The van der Waals surface area contributed by atoms with E-state index in [0.29, 0.717) is 29.9 Å². The maximum absolute atomic E-state index is 12.6. The van der Waals surface area contributed by atoms with Gasteiger partial charge in [-0.1, -0.05) is 19.3 Å². The predicted molar refractivity (Wildman–Crippen MR) is 113 cm³/mol. The number of esters is 1. The lowest BCUT2D eigenvalue weighted by atomic mass is 9.84. The average molecular weight is 418 g/mol. The van der Waals surface area contributed by atoms with Gasteiger partial charge in [0.25, 0.3) is 0 Å². The Bertz CT molecular complexity index is 711. The van der Waals surface area contributed by atoms with Gasteiger partial charge in [0.2, 0.25) is 5.91 Å². The average Bonchev–Trinajstić information content (AvgIpc) is 3.20. The Morgan fingerprint density at radius 2 is 1.83 bits per heavy atom. The fraction of sp³-hybridized carbons (Fsp3) is 0.682. The summed E-state index contributed by atoms with van der Waals surface area (Å²) in [6, 6.07) is 3.62. The Hall–Kier alpha value is -1.60. The van der Waals surface area contributed by atoms with Crippen molar-refractivity contribution < 1.29 is 14.3 Å². The van der Waals surface area contributed by atoms with E-state index in [1.807, 2.05) is 11.0 Å². The van der Waals surface area contributed by atoms with E-state index in [0.717, 1.165) is 44.0 Å². The number of thioether (sulfide) groups is 1. The SMILES string of the molecule is O=C(OCCN1CCN(C(=O)C2CCC2)CC1)c1cccnc1SC1CCCC1. The fourth-order valence-corrected chi connectivity index (χ4v) is 5.54. The molecule has 2 heterocycles. The second kappa shape index (κ2) is 9.94. The van der Waals surface area contributed by atoms with E-state index in [1.54, 1.807) is 24.0 Å². The highest BCUT2D eigenvalue weighted by molar-refractivity contribution is 7.99. The summed E-state index contributed by atoms with van der Waals surface area (Å²) in [4.78, 5) is 33.6. The molecule has 1 saturated heterocycles. The molecular formula is C22H31N3O3S. The smallest absolute Gasteiger partial charge is 0.340 e. The summed E-state index contributed by atoms with van der Waals surface area (Å²) in [6.45, 7) is 4.36. The van der Waals surface area contributed by atoms with Crippen molar-refractivity contribution in [3.8, 4) is 0 Å². The highest BCUT2D eigenvalue weighted by Crippen LogP contribution is 2.35. The first-order chi connectivity index (χ1) is 14.2. The van der Waals surface area contributed by atoms with E-state index in [4.69, 9.17) is 4.74 Å². The van der Waals surface area contributed by atoms with Crippen LogP contribution in [0.2, 0.25) is 0 Å². The van der Waals surface area contributed by atoms with Crippen molar-refractivity contribution in [2.75, 3.05) is 39.3 Å². The molecule has 29 heavy (non-hydrogen) atoms. The van der Waals surface area contributed by atoms with Crippen molar-refractivity contribution >= 4 is 23.6 Å². The number of hydrogen-bond donors (Lipinski definition) is 0. The lowest BCUT2D eigenvalue weighted by Gasteiger charge is -2.38. The number of pyridine rings is 1. The molecule has 0 radical (unpaired) electrons. The Morgan fingerprint density at radius 1 is 1.07 bits per heavy atom. The molecule has 0 aromatic carbocycles. The van der Waals surface area contributed by atoms with Gasteiger partial charge in [-0.05, 0) is 37.8 Å². The zero-order chi connectivity index (χ0) is 20.1. The van der Waals surface area contributed by atoms with Crippen LogP contribution in [0.1, 0.15) is 55.3 Å². The second-order valence-corrected chi connectivity index (χ2v) is 9.60. The lowest BCUT2D eigenvalue weighted by Crippen LogP contribution is -2.51. The lowest BCUT2D eigenvalue weighted by molar-refractivity contribution is -0.140. The molecule has 7 heteroatoms. The number of carbonyl (C=O) groups is 2. The molecule has 0 N–H and O–H groups in total. The van der Waals surface area contributed by atoms with Crippen LogP contribution in [-0.4, -0.2) is 71.2 Å². The molecule has 1 aromatic heterocycles. The molecule has 0 bridgehead atoms. The van der Waals surface area contributed by atoms with Crippen LogP contribution in [0.5, 0.6) is 0 Å². The van der Waals surface area contributed by atoms with Crippen molar-refractivity contribution in [2.45, 2.75) is 55.2 Å². The first-order valence-electron chi connectivity index (χ1n) is 11.0. The van der Waals surface area contributed by atoms with E-state index in [2.05, 4.69) is 9.88 Å². The van der Waals surface area contributed by atoms with Crippen molar-refractivity contribution in [1.29, 1.82) is 0 Å². The van der Waals surface area contributed by atoms with Crippen LogP contribution >= 0.6 is 11.8 Å². The number of aromatic nitrogens is 1. The number of piperazine rings is 1. The highest BCUT2D eigenvalue weighted by atomic mass is 32.2. The summed E-state index contributed by atoms with van der Waals surface area (Å²) in [7, 11) is 0. The Balaban J connectivity index is 1.20. The molecule has 1 aromatic rings. The zero-order valence-corrected chi connectivity index (χ0v) is 17.9. The Morgan fingerprint density at radius 3 is 2.52 bits per heavy atom. The van der Waals surface area contributed by atoms with E-state index in [-0.39, 0.29) is 11.9 Å². The van der Waals surface area contributed by atoms with Crippen LogP contribution in [0.3, 0.4) is 0 Å².